The number of aromatic nitrogens is 2. The van der Waals surface area contributed by atoms with E-state index in [0.29, 0.717) is 10.6 Å². The minimum Gasteiger partial charge on any atom is -0.339 e. The van der Waals surface area contributed by atoms with Crippen LogP contribution in [0, 0.1) is 6.92 Å². The van der Waals surface area contributed by atoms with Crippen molar-refractivity contribution in [2.24, 2.45) is 0 Å². The Hall–Kier alpha value is -1.85. The largest absolute Gasteiger partial charge is 0.339 e. The van der Waals surface area contributed by atoms with Crippen molar-refractivity contribution in [3.63, 3.8) is 0 Å². The molecule has 0 saturated carbocycles. The molecule has 1 saturated heterocycles. The SMILES string of the molecule is Cc1c(C(=O)N(C)C2CCNCC2)cnn1-c1ccccc1Cl. The number of benzene rings is 1. The van der Waals surface area contributed by atoms with Crippen LogP contribution in [-0.2, 0) is 0 Å². The van der Waals surface area contributed by atoms with E-state index < -0.39 is 0 Å². The summed E-state index contributed by atoms with van der Waals surface area (Å²) in [5.41, 5.74) is 2.23. The molecule has 122 valence electrons. The summed E-state index contributed by atoms with van der Waals surface area (Å²) in [7, 11) is 1.88. The zero-order valence-corrected chi connectivity index (χ0v) is 14.2. The van der Waals surface area contributed by atoms with Gasteiger partial charge in [0.25, 0.3) is 5.91 Å². The van der Waals surface area contributed by atoms with Gasteiger partial charge in [0.05, 0.1) is 28.2 Å². The van der Waals surface area contributed by atoms with Crippen LogP contribution in [0.5, 0.6) is 0 Å². The highest BCUT2D eigenvalue weighted by Crippen LogP contribution is 2.23. The predicted molar refractivity (Wildman–Crippen MR) is 91.3 cm³/mol. The highest BCUT2D eigenvalue weighted by atomic mass is 35.5. The molecule has 0 aliphatic carbocycles. The van der Waals surface area contributed by atoms with Crippen molar-refractivity contribution in [1.29, 1.82) is 0 Å². The third-order valence-electron chi connectivity index (χ3n) is 4.50. The summed E-state index contributed by atoms with van der Waals surface area (Å²) >= 11 is 6.24. The molecule has 0 spiro atoms. The molecule has 3 rings (SSSR count). The minimum atomic E-state index is 0.0210. The molecule has 0 bridgehead atoms. The van der Waals surface area contributed by atoms with Crippen LogP contribution in [0.25, 0.3) is 5.69 Å². The number of carbonyl (C=O) groups excluding carboxylic acids is 1. The molecule has 1 aliphatic heterocycles. The summed E-state index contributed by atoms with van der Waals surface area (Å²) in [6.07, 6.45) is 3.61. The van der Waals surface area contributed by atoms with E-state index in [9.17, 15) is 4.79 Å². The molecule has 6 heteroatoms. The number of nitrogens with zero attached hydrogens (tertiary/aromatic N) is 3. The van der Waals surface area contributed by atoms with Gasteiger partial charge in [-0.2, -0.15) is 5.10 Å². The number of carbonyl (C=O) groups is 1. The quantitative estimate of drug-likeness (QED) is 0.940. The average Bonchev–Trinajstić information content (AvgIpc) is 2.96. The maximum absolute atomic E-state index is 12.8. The Morgan fingerprint density at radius 3 is 2.74 bits per heavy atom. The molecule has 1 fully saturated rings. The molecule has 5 nitrogen and oxygen atoms in total. The van der Waals surface area contributed by atoms with Gasteiger partial charge in [0.2, 0.25) is 0 Å². The van der Waals surface area contributed by atoms with Crippen molar-refractivity contribution in [2.75, 3.05) is 20.1 Å². The monoisotopic (exact) mass is 332 g/mol. The number of para-hydroxylation sites is 1. The average molecular weight is 333 g/mol. The van der Waals surface area contributed by atoms with Gasteiger partial charge in [-0.3, -0.25) is 4.79 Å². The first kappa shape index (κ1) is 16.0. The van der Waals surface area contributed by atoms with Gasteiger partial charge < -0.3 is 10.2 Å². The molecule has 2 aromatic rings. The third-order valence-corrected chi connectivity index (χ3v) is 4.82. The zero-order valence-electron chi connectivity index (χ0n) is 13.4. The van der Waals surface area contributed by atoms with Gasteiger partial charge in [-0.15, -0.1) is 0 Å². The molecule has 0 unspecified atom stereocenters. The molecule has 1 amide bonds. The zero-order chi connectivity index (χ0) is 16.4. The fourth-order valence-electron chi connectivity index (χ4n) is 3.04. The number of amides is 1. The molecule has 1 aromatic carbocycles. The van der Waals surface area contributed by atoms with Crippen molar-refractivity contribution in [2.45, 2.75) is 25.8 Å². The normalized spacial score (nSPS) is 15.6. The summed E-state index contributed by atoms with van der Waals surface area (Å²) in [5, 5.41) is 8.31. The molecule has 23 heavy (non-hydrogen) atoms. The maximum atomic E-state index is 12.8. The van der Waals surface area contributed by atoms with Crippen LogP contribution < -0.4 is 5.32 Å². The van der Waals surface area contributed by atoms with E-state index in [1.165, 1.54) is 0 Å². The predicted octanol–water partition coefficient (Wildman–Crippen LogP) is 2.66. The van der Waals surface area contributed by atoms with Gasteiger partial charge in [-0.25, -0.2) is 4.68 Å². The second kappa shape index (κ2) is 6.72. The first-order valence-electron chi connectivity index (χ1n) is 7.87. The third kappa shape index (κ3) is 3.12. The standard InChI is InChI=1S/C17H21ClN4O/c1-12-14(17(23)21(2)13-7-9-19-10-8-13)11-20-22(12)16-6-4-3-5-15(16)18/h3-6,11,13,19H,7-10H2,1-2H3. The van der Waals surface area contributed by atoms with Crippen molar-refractivity contribution in [3.8, 4) is 5.69 Å². The van der Waals surface area contributed by atoms with Gasteiger partial charge in [0, 0.05) is 13.1 Å². The van der Waals surface area contributed by atoms with Crippen molar-refractivity contribution < 1.29 is 4.79 Å². The summed E-state index contributed by atoms with van der Waals surface area (Å²) < 4.78 is 1.73. The van der Waals surface area contributed by atoms with Crippen LogP contribution in [0.1, 0.15) is 28.9 Å². The van der Waals surface area contributed by atoms with Crippen LogP contribution in [-0.4, -0.2) is 46.8 Å². The summed E-state index contributed by atoms with van der Waals surface area (Å²) in [5.74, 6) is 0.0210. The number of rotatable bonds is 3. The lowest BCUT2D eigenvalue weighted by Gasteiger charge is -2.31. The van der Waals surface area contributed by atoms with E-state index in [-0.39, 0.29) is 11.9 Å². The second-order valence-electron chi connectivity index (χ2n) is 5.90. The summed E-state index contributed by atoms with van der Waals surface area (Å²) in [6, 6.07) is 7.78. The topological polar surface area (TPSA) is 50.2 Å². The maximum Gasteiger partial charge on any atom is 0.257 e. The minimum absolute atomic E-state index is 0.0210. The van der Waals surface area contributed by atoms with Crippen molar-refractivity contribution in [3.05, 3.63) is 46.7 Å². The van der Waals surface area contributed by atoms with Crippen LogP contribution in [0.3, 0.4) is 0 Å². The highest BCUT2D eigenvalue weighted by Gasteiger charge is 2.25. The Morgan fingerprint density at radius 1 is 1.35 bits per heavy atom. The van der Waals surface area contributed by atoms with Gasteiger partial charge in [0.15, 0.2) is 0 Å². The number of piperidine rings is 1. The summed E-state index contributed by atoms with van der Waals surface area (Å²) in [4.78, 5) is 14.7. The van der Waals surface area contributed by atoms with E-state index in [1.54, 1.807) is 10.9 Å². The van der Waals surface area contributed by atoms with Gasteiger partial charge >= 0.3 is 0 Å². The fraction of sp³-hybridized carbons (Fsp3) is 0.412. The van der Waals surface area contributed by atoms with E-state index in [4.69, 9.17) is 11.6 Å². The Kier molecular flexibility index (Phi) is 4.68. The van der Waals surface area contributed by atoms with Crippen LogP contribution in [0.4, 0.5) is 0 Å². The summed E-state index contributed by atoms with van der Waals surface area (Å²) in [6.45, 7) is 3.82. The molecular formula is C17H21ClN4O. The Bertz CT molecular complexity index is 706. The number of hydrogen-bond acceptors (Lipinski definition) is 3. The first-order chi connectivity index (χ1) is 11.1. The van der Waals surface area contributed by atoms with E-state index in [0.717, 1.165) is 37.3 Å². The molecule has 2 heterocycles. The number of halogens is 1. The Balaban J connectivity index is 1.86. The Morgan fingerprint density at radius 2 is 2.04 bits per heavy atom. The molecule has 1 aliphatic rings. The van der Waals surface area contributed by atoms with Crippen LogP contribution in [0.15, 0.2) is 30.5 Å². The first-order valence-corrected chi connectivity index (χ1v) is 8.25. The number of nitrogens with one attached hydrogen (secondary N) is 1. The van der Waals surface area contributed by atoms with Crippen molar-refractivity contribution >= 4 is 17.5 Å². The molecule has 0 radical (unpaired) electrons. The van der Waals surface area contributed by atoms with Gasteiger partial charge in [-0.1, -0.05) is 23.7 Å². The van der Waals surface area contributed by atoms with Crippen molar-refractivity contribution in [1.82, 2.24) is 20.0 Å². The van der Waals surface area contributed by atoms with Gasteiger partial charge in [-0.05, 0) is 45.0 Å². The Labute approximate surface area is 141 Å². The van der Waals surface area contributed by atoms with E-state index >= 15 is 0 Å². The van der Waals surface area contributed by atoms with Gasteiger partial charge in [0.1, 0.15) is 0 Å². The fourth-order valence-corrected chi connectivity index (χ4v) is 3.25. The number of hydrogen-bond donors (Lipinski definition) is 1. The lowest BCUT2D eigenvalue weighted by molar-refractivity contribution is 0.0702. The van der Waals surface area contributed by atoms with Crippen LogP contribution in [0.2, 0.25) is 5.02 Å². The molecule has 1 N–H and O–H groups in total. The highest BCUT2D eigenvalue weighted by molar-refractivity contribution is 6.32. The lowest BCUT2D eigenvalue weighted by Crippen LogP contribution is -2.44. The smallest absolute Gasteiger partial charge is 0.257 e. The lowest BCUT2D eigenvalue weighted by atomic mass is 10.0. The molecule has 0 atom stereocenters. The van der Waals surface area contributed by atoms with Crippen LogP contribution >= 0.6 is 11.6 Å². The molecule has 1 aromatic heterocycles. The second-order valence-corrected chi connectivity index (χ2v) is 6.31. The van der Waals surface area contributed by atoms with E-state index in [2.05, 4.69) is 10.4 Å². The molecular weight excluding hydrogens is 312 g/mol. The van der Waals surface area contributed by atoms with E-state index in [1.807, 2.05) is 43.1 Å².